The first-order chi connectivity index (χ1) is 25.0. The molecule has 1 aromatic carbocycles. The van der Waals surface area contributed by atoms with Crippen LogP contribution in [0, 0.1) is 0 Å². The SMILES string of the molecule is C=C(CC)C(=O)c1ccc(OCC(=O)O[C@@H](C)C(=O)O[C@@H](C)C(=O)O[C@@H](C)C(=O)O[C@@H](C)C(=O)NS(=O)(=O)c2cc3c(s2)S(=O)(=O)[C@@H](C)CC3)c(Cl)c1Cl. The molecule has 2 heterocycles. The maximum absolute atomic E-state index is 12.8. The molecule has 1 aliphatic rings. The van der Waals surface area contributed by atoms with Crippen molar-refractivity contribution in [3.63, 3.8) is 0 Å². The minimum absolute atomic E-state index is 0.0535. The van der Waals surface area contributed by atoms with Crippen LogP contribution in [0.5, 0.6) is 5.75 Å². The number of hydrogen-bond donors (Lipinski definition) is 1. The van der Waals surface area contributed by atoms with Crippen LogP contribution in [-0.2, 0) is 69.2 Å². The van der Waals surface area contributed by atoms with E-state index in [1.165, 1.54) is 25.1 Å². The summed E-state index contributed by atoms with van der Waals surface area (Å²) in [7, 11) is -8.26. The van der Waals surface area contributed by atoms with Crippen molar-refractivity contribution in [1.82, 2.24) is 4.72 Å². The van der Waals surface area contributed by atoms with E-state index in [2.05, 4.69) is 6.58 Å². The highest BCUT2D eigenvalue weighted by Crippen LogP contribution is 2.38. The number of ketones is 1. The normalized spacial score (nSPS) is 17.0. The number of rotatable bonds is 16. The lowest BCUT2D eigenvalue weighted by Crippen LogP contribution is -2.41. The number of hydrogen-bond acceptors (Lipinski definition) is 16. The Bertz CT molecular complexity index is 2080. The summed E-state index contributed by atoms with van der Waals surface area (Å²) in [5, 5.41) is -0.951. The highest BCUT2D eigenvalue weighted by molar-refractivity contribution is 7.95. The third-order valence-electron chi connectivity index (χ3n) is 7.79. The van der Waals surface area contributed by atoms with Crippen LogP contribution in [0.25, 0.3) is 0 Å². The fourth-order valence-electron chi connectivity index (χ4n) is 4.44. The van der Waals surface area contributed by atoms with E-state index in [9.17, 15) is 45.6 Å². The Kier molecular flexibility index (Phi) is 14.8. The monoisotopic (exact) mass is 853 g/mol. The summed E-state index contributed by atoms with van der Waals surface area (Å²) >= 11 is 12.9. The lowest BCUT2D eigenvalue weighted by atomic mass is 10.0. The van der Waals surface area contributed by atoms with Crippen molar-refractivity contribution in [2.45, 2.75) is 98.9 Å². The Morgan fingerprint density at radius 2 is 1.44 bits per heavy atom. The van der Waals surface area contributed by atoms with Gasteiger partial charge in [0.2, 0.25) is 0 Å². The maximum atomic E-state index is 12.8. The van der Waals surface area contributed by atoms with E-state index < -0.39 is 95.9 Å². The molecule has 2 aromatic rings. The Hall–Kier alpha value is -4.04. The summed E-state index contributed by atoms with van der Waals surface area (Å²) < 4.78 is 77.2. The topological polar surface area (TPSA) is 229 Å². The van der Waals surface area contributed by atoms with Crippen LogP contribution in [0.1, 0.15) is 70.3 Å². The summed E-state index contributed by atoms with van der Waals surface area (Å²) in [5.74, 6) is -6.43. The molecule has 1 amide bonds. The highest BCUT2D eigenvalue weighted by atomic mass is 35.5. The number of Topliss-reactive ketones (excluding diaryl/α,β-unsaturated/α-hetero) is 1. The van der Waals surface area contributed by atoms with Crippen molar-refractivity contribution < 1.29 is 69.3 Å². The Morgan fingerprint density at radius 3 is 2.00 bits per heavy atom. The van der Waals surface area contributed by atoms with Crippen molar-refractivity contribution in [3.05, 3.63) is 51.5 Å². The quantitative estimate of drug-likeness (QED) is 0.109. The van der Waals surface area contributed by atoms with E-state index >= 15 is 0 Å². The second kappa shape index (κ2) is 18.1. The maximum Gasteiger partial charge on any atom is 0.347 e. The van der Waals surface area contributed by atoms with Gasteiger partial charge in [-0.05, 0) is 83.2 Å². The minimum atomic E-state index is -4.54. The second-order valence-electron chi connectivity index (χ2n) is 11.9. The lowest BCUT2D eigenvalue weighted by molar-refractivity contribution is -0.183. The Labute approximate surface area is 325 Å². The molecule has 0 spiro atoms. The fraction of sp³-hybridized carbons (Fsp3) is 0.455. The average Bonchev–Trinajstić information content (AvgIpc) is 3.57. The molecule has 0 saturated heterocycles. The number of nitrogens with one attached hydrogen (secondary N) is 1. The molecule has 1 aliphatic heterocycles. The van der Waals surface area contributed by atoms with Crippen LogP contribution in [-0.4, -0.2) is 88.7 Å². The number of carbonyl (C=O) groups excluding carboxylic acids is 6. The van der Waals surface area contributed by atoms with Gasteiger partial charge in [0.25, 0.3) is 15.9 Å². The molecule has 1 N–H and O–H groups in total. The highest BCUT2D eigenvalue weighted by Gasteiger charge is 2.36. The number of amides is 1. The number of allylic oxidation sites excluding steroid dienone is 1. The molecular weight excluding hydrogens is 817 g/mol. The second-order valence-corrected chi connectivity index (χ2v) is 18.2. The third-order valence-corrected chi connectivity index (χ3v) is 14.5. The molecule has 0 bridgehead atoms. The number of sulfone groups is 1. The van der Waals surface area contributed by atoms with Crippen molar-refractivity contribution in [1.29, 1.82) is 0 Å². The molecule has 0 radical (unpaired) electrons. The average molecular weight is 855 g/mol. The number of thiophene rings is 1. The predicted octanol–water partition coefficient (Wildman–Crippen LogP) is 3.92. The molecule has 54 heavy (non-hydrogen) atoms. The van der Waals surface area contributed by atoms with E-state index in [1.807, 2.05) is 0 Å². The van der Waals surface area contributed by atoms with Gasteiger partial charge in [0.1, 0.15) is 19.2 Å². The number of sulfonamides is 1. The minimum Gasteiger partial charge on any atom is -0.480 e. The number of fused-ring (bicyclic) bond motifs is 1. The summed E-state index contributed by atoms with van der Waals surface area (Å²) in [6.45, 7) is 10.6. The van der Waals surface area contributed by atoms with Gasteiger partial charge in [-0.1, -0.05) is 36.7 Å². The van der Waals surface area contributed by atoms with Gasteiger partial charge in [-0.3, -0.25) is 9.59 Å². The lowest BCUT2D eigenvalue weighted by Gasteiger charge is -2.20. The zero-order valence-electron chi connectivity index (χ0n) is 29.8. The number of ether oxygens (including phenoxy) is 5. The first-order valence-corrected chi connectivity index (χ1v) is 20.7. The molecule has 1 aromatic heterocycles. The van der Waals surface area contributed by atoms with Crippen LogP contribution >= 0.6 is 34.5 Å². The van der Waals surface area contributed by atoms with Gasteiger partial charge in [0, 0.05) is 5.56 Å². The van der Waals surface area contributed by atoms with Crippen molar-refractivity contribution in [2.24, 2.45) is 0 Å². The molecule has 0 unspecified atom stereocenters. The molecular formula is C33H37Cl2NO15S3. The number of carbonyl (C=O) groups is 6. The number of esters is 4. The van der Waals surface area contributed by atoms with Crippen LogP contribution in [0.3, 0.4) is 0 Å². The van der Waals surface area contributed by atoms with E-state index in [4.69, 9.17) is 46.9 Å². The van der Waals surface area contributed by atoms with E-state index in [-0.39, 0.29) is 25.6 Å². The third kappa shape index (κ3) is 10.6. The van der Waals surface area contributed by atoms with E-state index in [0.717, 1.165) is 27.7 Å². The van der Waals surface area contributed by atoms with Gasteiger partial charge in [-0.2, -0.15) is 0 Å². The van der Waals surface area contributed by atoms with Crippen LogP contribution in [0.15, 0.2) is 38.8 Å². The summed E-state index contributed by atoms with van der Waals surface area (Å²) in [6.07, 6.45) is -5.48. The van der Waals surface area contributed by atoms with Gasteiger partial charge in [-0.15, -0.1) is 11.3 Å². The van der Waals surface area contributed by atoms with Gasteiger partial charge in [0.15, 0.2) is 46.6 Å². The summed E-state index contributed by atoms with van der Waals surface area (Å²) in [5.41, 5.74) is 0.725. The first kappa shape index (κ1) is 44.4. The standard InChI is InChI=1S/C33H37Cl2NO15S3/c1-8-15(2)28(38)22-11-12-23(27(35)26(22)34)47-14-24(37)48-18(5)30(40)50-20(7)32(42)51-19(6)31(41)49-17(4)29(39)36-54(45,46)25-13-21-10-9-16(3)53(43,44)33(21)52-25/h11-13,16-20H,2,8-10,14H2,1,3-7H3,(H,36,39)/t16-,17-,18-,19-,20-/m0/s1. The zero-order valence-corrected chi connectivity index (χ0v) is 33.7. The van der Waals surface area contributed by atoms with E-state index in [0.29, 0.717) is 41.7 Å². The van der Waals surface area contributed by atoms with Gasteiger partial charge in [0.05, 0.1) is 10.3 Å². The largest absolute Gasteiger partial charge is 0.480 e. The molecule has 0 saturated carbocycles. The van der Waals surface area contributed by atoms with Crippen molar-refractivity contribution >= 4 is 90.0 Å². The Morgan fingerprint density at radius 1 is 0.907 bits per heavy atom. The molecule has 5 atom stereocenters. The molecule has 0 fully saturated rings. The molecule has 16 nitrogen and oxygen atoms in total. The molecule has 296 valence electrons. The number of aryl methyl sites for hydroxylation is 1. The van der Waals surface area contributed by atoms with Crippen LogP contribution in [0.2, 0.25) is 10.0 Å². The van der Waals surface area contributed by atoms with Crippen LogP contribution < -0.4 is 9.46 Å². The van der Waals surface area contributed by atoms with Crippen LogP contribution in [0.4, 0.5) is 0 Å². The predicted molar refractivity (Wildman–Crippen MR) is 193 cm³/mol. The fourth-order valence-corrected chi connectivity index (χ4v) is 9.93. The summed E-state index contributed by atoms with van der Waals surface area (Å²) in [6, 6.07) is 3.84. The van der Waals surface area contributed by atoms with Gasteiger partial charge in [-0.25, -0.2) is 40.7 Å². The van der Waals surface area contributed by atoms with E-state index in [1.54, 1.807) is 11.6 Å². The number of halogens is 2. The first-order valence-electron chi connectivity index (χ1n) is 16.1. The smallest absolute Gasteiger partial charge is 0.347 e. The van der Waals surface area contributed by atoms with Crippen molar-refractivity contribution in [3.8, 4) is 5.75 Å². The summed E-state index contributed by atoms with van der Waals surface area (Å²) in [4.78, 5) is 74.8. The van der Waals surface area contributed by atoms with Gasteiger partial charge < -0.3 is 23.7 Å². The molecule has 21 heteroatoms. The number of benzene rings is 1. The molecule has 3 rings (SSSR count). The van der Waals surface area contributed by atoms with Crippen molar-refractivity contribution in [2.75, 3.05) is 6.61 Å². The Balaban J connectivity index is 1.46. The van der Waals surface area contributed by atoms with Gasteiger partial charge >= 0.3 is 23.9 Å². The molecule has 0 aliphatic carbocycles. The zero-order chi connectivity index (χ0) is 40.9.